The zero-order valence-corrected chi connectivity index (χ0v) is 11.9. The minimum atomic E-state index is -0.529. The fraction of sp³-hybridized carbons (Fsp3) is 0.0714. The minimum absolute atomic E-state index is 0.209. The highest BCUT2D eigenvalue weighted by Crippen LogP contribution is 2.28. The van der Waals surface area contributed by atoms with Crippen LogP contribution in [-0.4, -0.2) is 5.91 Å². The van der Waals surface area contributed by atoms with Crippen LogP contribution in [0.2, 0.25) is 10.0 Å². The number of amides is 1. The topological polar surface area (TPSA) is 78.3 Å². The van der Waals surface area contributed by atoms with E-state index in [1.165, 1.54) is 6.07 Å². The van der Waals surface area contributed by atoms with Crippen molar-refractivity contribution in [3.05, 3.63) is 57.6 Å². The Kier molecular flexibility index (Phi) is 4.37. The molecule has 0 bridgehead atoms. The Balaban J connectivity index is 2.15. The van der Waals surface area contributed by atoms with E-state index >= 15 is 0 Å². The van der Waals surface area contributed by atoms with Crippen LogP contribution in [0.25, 0.3) is 0 Å². The number of nitrogens with two attached hydrogens (primary N) is 2. The molecule has 0 aliphatic carbocycles. The largest absolute Gasteiger partial charge is 0.487 e. The molecule has 0 heterocycles. The molecular formula is C14H12Cl2N2O2. The van der Waals surface area contributed by atoms with E-state index in [4.69, 9.17) is 39.4 Å². The third kappa shape index (κ3) is 3.35. The van der Waals surface area contributed by atoms with Gasteiger partial charge in [0.2, 0.25) is 5.91 Å². The molecule has 4 nitrogen and oxygen atoms in total. The van der Waals surface area contributed by atoms with Crippen molar-refractivity contribution in [2.45, 2.75) is 6.61 Å². The third-order valence-corrected chi connectivity index (χ3v) is 3.34. The highest BCUT2D eigenvalue weighted by molar-refractivity contribution is 6.32. The second kappa shape index (κ2) is 6.03. The summed E-state index contributed by atoms with van der Waals surface area (Å²) in [7, 11) is 0. The van der Waals surface area contributed by atoms with Gasteiger partial charge in [0.15, 0.2) is 0 Å². The van der Waals surface area contributed by atoms with Crippen molar-refractivity contribution >= 4 is 34.8 Å². The first-order valence-corrected chi connectivity index (χ1v) is 6.49. The van der Waals surface area contributed by atoms with Gasteiger partial charge in [-0.15, -0.1) is 0 Å². The first kappa shape index (κ1) is 14.5. The molecule has 6 heteroatoms. The number of carbonyl (C=O) groups excluding carboxylic acids is 1. The van der Waals surface area contributed by atoms with Gasteiger partial charge in [-0.05, 0) is 24.3 Å². The van der Waals surface area contributed by atoms with Gasteiger partial charge >= 0.3 is 0 Å². The summed E-state index contributed by atoms with van der Waals surface area (Å²) in [6.45, 7) is 0.209. The predicted octanol–water partition coefficient (Wildman–Crippen LogP) is 3.25. The van der Waals surface area contributed by atoms with Crippen LogP contribution in [0.1, 0.15) is 15.9 Å². The molecule has 0 spiro atoms. The van der Waals surface area contributed by atoms with Crippen LogP contribution in [-0.2, 0) is 6.61 Å². The average Bonchev–Trinajstić information content (AvgIpc) is 2.40. The number of halogens is 2. The van der Waals surface area contributed by atoms with Gasteiger partial charge in [-0.3, -0.25) is 4.79 Å². The lowest BCUT2D eigenvalue weighted by Gasteiger charge is -2.10. The summed E-state index contributed by atoms with van der Waals surface area (Å²) >= 11 is 12.1. The maximum Gasteiger partial charge on any atom is 0.248 e. The number of anilines is 1. The molecule has 0 saturated heterocycles. The number of hydrogen-bond acceptors (Lipinski definition) is 3. The maximum atomic E-state index is 11.0. The molecule has 0 aliphatic heterocycles. The number of nitrogen functional groups attached to an aromatic ring is 1. The molecule has 0 aromatic heterocycles. The molecule has 0 radical (unpaired) electrons. The summed E-state index contributed by atoms with van der Waals surface area (Å²) < 4.78 is 5.57. The summed E-state index contributed by atoms with van der Waals surface area (Å²) in [4.78, 5) is 11.0. The van der Waals surface area contributed by atoms with E-state index in [-0.39, 0.29) is 6.61 Å². The Morgan fingerprint density at radius 2 is 1.85 bits per heavy atom. The molecule has 2 rings (SSSR count). The molecule has 0 aliphatic rings. The lowest BCUT2D eigenvalue weighted by molar-refractivity contribution is 0.1000. The standard InChI is InChI=1S/C14H12Cl2N2O2/c15-11-4-3-10(17)6-13(11)20-7-9-2-1-8(14(18)19)5-12(9)16/h1-6H,7,17H2,(H2,18,19). The molecule has 20 heavy (non-hydrogen) atoms. The summed E-state index contributed by atoms with van der Waals surface area (Å²) in [5, 5.41) is 0.866. The van der Waals surface area contributed by atoms with Gasteiger partial charge in [-0.25, -0.2) is 0 Å². The Bertz CT molecular complexity index is 660. The SMILES string of the molecule is NC(=O)c1ccc(COc2cc(N)ccc2Cl)c(Cl)c1. The number of carbonyl (C=O) groups is 1. The first-order valence-electron chi connectivity index (χ1n) is 5.73. The van der Waals surface area contributed by atoms with E-state index in [0.717, 1.165) is 5.56 Å². The monoisotopic (exact) mass is 310 g/mol. The molecule has 104 valence electrons. The molecule has 0 fully saturated rings. The molecule has 2 aromatic carbocycles. The van der Waals surface area contributed by atoms with Crippen molar-refractivity contribution in [2.75, 3.05) is 5.73 Å². The van der Waals surface area contributed by atoms with Gasteiger partial charge < -0.3 is 16.2 Å². The fourth-order valence-corrected chi connectivity index (χ4v) is 2.01. The highest BCUT2D eigenvalue weighted by atomic mass is 35.5. The van der Waals surface area contributed by atoms with E-state index in [9.17, 15) is 4.79 Å². The Morgan fingerprint density at radius 3 is 2.50 bits per heavy atom. The predicted molar refractivity (Wildman–Crippen MR) is 80.2 cm³/mol. The van der Waals surface area contributed by atoms with Gasteiger partial charge in [0.1, 0.15) is 12.4 Å². The molecule has 4 N–H and O–H groups in total. The van der Waals surface area contributed by atoms with Crippen LogP contribution in [0, 0.1) is 0 Å². The van der Waals surface area contributed by atoms with Crippen LogP contribution in [0.15, 0.2) is 36.4 Å². The van der Waals surface area contributed by atoms with E-state index in [1.807, 2.05) is 0 Å². The van der Waals surface area contributed by atoms with Crippen molar-refractivity contribution in [3.8, 4) is 5.75 Å². The second-order valence-corrected chi connectivity index (χ2v) is 4.96. The minimum Gasteiger partial charge on any atom is -0.487 e. The van der Waals surface area contributed by atoms with Crippen LogP contribution in [0.4, 0.5) is 5.69 Å². The Morgan fingerprint density at radius 1 is 1.10 bits per heavy atom. The van der Waals surface area contributed by atoms with Crippen molar-refractivity contribution in [1.82, 2.24) is 0 Å². The van der Waals surface area contributed by atoms with Crippen LogP contribution in [0.5, 0.6) is 5.75 Å². The van der Waals surface area contributed by atoms with Gasteiger partial charge in [0, 0.05) is 27.9 Å². The molecule has 0 atom stereocenters. The van der Waals surface area contributed by atoms with Crippen molar-refractivity contribution < 1.29 is 9.53 Å². The second-order valence-electron chi connectivity index (χ2n) is 4.15. The smallest absolute Gasteiger partial charge is 0.248 e. The first-order chi connectivity index (χ1) is 9.47. The number of ether oxygens (including phenoxy) is 1. The van der Waals surface area contributed by atoms with E-state index in [1.54, 1.807) is 30.3 Å². The quantitative estimate of drug-likeness (QED) is 0.851. The van der Waals surface area contributed by atoms with Gasteiger partial charge in [0.05, 0.1) is 5.02 Å². The van der Waals surface area contributed by atoms with Gasteiger partial charge in [-0.2, -0.15) is 0 Å². The molecule has 0 saturated carbocycles. The third-order valence-electron chi connectivity index (χ3n) is 2.68. The lowest BCUT2D eigenvalue weighted by Crippen LogP contribution is -2.11. The van der Waals surface area contributed by atoms with Crippen molar-refractivity contribution in [3.63, 3.8) is 0 Å². The zero-order chi connectivity index (χ0) is 14.7. The summed E-state index contributed by atoms with van der Waals surface area (Å²) in [5.41, 5.74) is 12.5. The molecule has 2 aromatic rings. The number of rotatable bonds is 4. The van der Waals surface area contributed by atoms with Crippen LogP contribution in [0.3, 0.4) is 0 Å². The molecule has 1 amide bonds. The van der Waals surface area contributed by atoms with E-state index in [2.05, 4.69) is 0 Å². The number of benzene rings is 2. The van der Waals surface area contributed by atoms with Gasteiger partial charge in [-0.1, -0.05) is 29.3 Å². The summed E-state index contributed by atoms with van der Waals surface area (Å²) in [5.74, 6) is -0.0556. The lowest BCUT2D eigenvalue weighted by atomic mass is 10.1. The summed E-state index contributed by atoms with van der Waals surface area (Å²) in [6.07, 6.45) is 0. The highest BCUT2D eigenvalue weighted by Gasteiger charge is 2.08. The zero-order valence-electron chi connectivity index (χ0n) is 10.4. The maximum absolute atomic E-state index is 11.0. The Labute approximate surface area is 126 Å². The van der Waals surface area contributed by atoms with E-state index in [0.29, 0.717) is 27.0 Å². The van der Waals surface area contributed by atoms with Crippen molar-refractivity contribution in [1.29, 1.82) is 0 Å². The van der Waals surface area contributed by atoms with Gasteiger partial charge in [0.25, 0.3) is 0 Å². The molecular weight excluding hydrogens is 299 g/mol. The summed E-state index contributed by atoms with van der Waals surface area (Å²) in [6, 6.07) is 9.75. The number of hydrogen-bond donors (Lipinski definition) is 2. The molecule has 0 unspecified atom stereocenters. The van der Waals surface area contributed by atoms with E-state index < -0.39 is 5.91 Å². The van der Waals surface area contributed by atoms with Crippen molar-refractivity contribution in [2.24, 2.45) is 5.73 Å². The Hall–Kier alpha value is -1.91. The van der Waals surface area contributed by atoms with Crippen LogP contribution < -0.4 is 16.2 Å². The fourth-order valence-electron chi connectivity index (χ4n) is 1.60. The normalized spacial score (nSPS) is 10.3. The van der Waals surface area contributed by atoms with Crippen LogP contribution >= 0.6 is 23.2 Å². The number of primary amides is 1. The average molecular weight is 311 g/mol.